The van der Waals surface area contributed by atoms with Gasteiger partial charge in [0.2, 0.25) is 12.3 Å². The van der Waals surface area contributed by atoms with Crippen molar-refractivity contribution in [2.45, 2.75) is 12.6 Å². The van der Waals surface area contributed by atoms with Crippen LogP contribution in [0.5, 0.6) is 0 Å². The maximum absolute atomic E-state index is 12.0. The van der Waals surface area contributed by atoms with E-state index in [4.69, 9.17) is 10.7 Å². The molecule has 1 saturated heterocycles. The molecule has 4 heterocycles. The summed E-state index contributed by atoms with van der Waals surface area (Å²) in [4.78, 5) is 34.1. The van der Waals surface area contributed by atoms with E-state index in [1.165, 1.54) is 0 Å². The van der Waals surface area contributed by atoms with Crippen molar-refractivity contribution in [3.05, 3.63) is 54.5 Å². The Morgan fingerprint density at radius 1 is 1.28 bits per heavy atom. The molecule has 162 valence electrons. The van der Waals surface area contributed by atoms with Crippen LogP contribution in [0.15, 0.2) is 48.8 Å². The van der Waals surface area contributed by atoms with Gasteiger partial charge >= 0.3 is 0 Å². The van der Waals surface area contributed by atoms with E-state index in [0.717, 1.165) is 34.3 Å². The Labute approximate surface area is 183 Å². The highest BCUT2D eigenvalue weighted by Gasteiger charge is 2.25. The topological polar surface area (TPSA) is 131 Å². The zero-order valence-electron chi connectivity index (χ0n) is 17.2. The Kier molecular flexibility index (Phi) is 5.21. The summed E-state index contributed by atoms with van der Waals surface area (Å²) in [5, 5.41) is 10.8. The summed E-state index contributed by atoms with van der Waals surface area (Å²) >= 11 is 0. The monoisotopic (exact) mass is 430 g/mol. The second kappa shape index (κ2) is 8.33. The molecule has 0 radical (unpaired) electrons. The van der Waals surface area contributed by atoms with Crippen LogP contribution in [0, 0.1) is 0 Å². The van der Waals surface area contributed by atoms with Crippen molar-refractivity contribution >= 4 is 34.7 Å². The van der Waals surface area contributed by atoms with Crippen LogP contribution in [-0.4, -0.2) is 62.5 Å². The molecule has 3 aromatic heterocycles. The van der Waals surface area contributed by atoms with Crippen LogP contribution < -0.4 is 16.4 Å². The Balaban J connectivity index is 1.45. The van der Waals surface area contributed by atoms with Gasteiger partial charge in [0.1, 0.15) is 5.82 Å². The Morgan fingerprint density at radius 2 is 2.16 bits per heavy atom. The number of anilines is 1. The number of hydrogen-bond donors (Lipinski definition) is 3. The summed E-state index contributed by atoms with van der Waals surface area (Å²) in [5.41, 5.74) is 10.4. The highest BCUT2D eigenvalue weighted by atomic mass is 16.2. The third-order valence-electron chi connectivity index (χ3n) is 5.62. The third kappa shape index (κ3) is 3.77. The van der Waals surface area contributed by atoms with Crippen LogP contribution in [0.25, 0.3) is 27.7 Å². The lowest BCUT2D eigenvalue weighted by atomic mass is 10.1. The fraction of sp³-hybridized carbons (Fsp3) is 0.227. The maximum atomic E-state index is 12.0. The SMILES string of the molecule is Nc1cc(CN2CCNC(C(=O)NC=O)C2)nc2c(-c3cnc4ccccc4c3)cnn12. The number of nitrogen functional groups attached to an aromatic ring is 1. The van der Waals surface area contributed by atoms with E-state index in [0.29, 0.717) is 37.5 Å². The highest BCUT2D eigenvalue weighted by molar-refractivity contribution is 5.90. The quantitative estimate of drug-likeness (QED) is 0.392. The van der Waals surface area contributed by atoms with Gasteiger partial charge in [-0.2, -0.15) is 9.61 Å². The average molecular weight is 430 g/mol. The molecular formula is C22H22N8O2. The molecule has 1 aliphatic heterocycles. The molecule has 10 nitrogen and oxygen atoms in total. The number of fused-ring (bicyclic) bond motifs is 2. The van der Waals surface area contributed by atoms with Crippen LogP contribution >= 0.6 is 0 Å². The van der Waals surface area contributed by atoms with Gasteiger partial charge in [-0.3, -0.25) is 24.8 Å². The fourth-order valence-corrected chi connectivity index (χ4v) is 4.06. The average Bonchev–Trinajstić information content (AvgIpc) is 3.24. The second-order valence-electron chi connectivity index (χ2n) is 7.75. The molecule has 2 amide bonds. The summed E-state index contributed by atoms with van der Waals surface area (Å²) in [7, 11) is 0. The first-order chi connectivity index (χ1) is 15.6. The van der Waals surface area contributed by atoms with E-state index in [-0.39, 0.29) is 5.91 Å². The number of imide groups is 1. The fourth-order valence-electron chi connectivity index (χ4n) is 4.06. The van der Waals surface area contributed by atoms with E-state index in [1.54, 1.807) is 16.8 Å². The molecule has 0 spiro atoms. The zero-order valence-corrected chi connectivity index (χ0v) is 17.2. The molecule has 5 rings (SSSR count). The molecule has 0 saturated carbocycles. The van der Waals surface area contributed by atoms with Crippen molar-refractivity contribution in [3.8, 4) is 11.1 Å². The van der Waals surface area contributed by atoms with Crippen LogP contribution in [-0.2, 0) is 16.1 Å². The van der Waals surface area contributed by atoms with Crippen LogP contribution in [0.3, 0.4) is 0 Å². The van der Waals surface area contributed by atoms with Gasteiger partial charge in [0.05, 0.1) is 23.4 Å². The number of pyridine rings is 1. The highest BCUT2D eigenvalue weighted by Crippen LogP contribution is 2.27. The van der Waals surface area contributed by atoms with E-state index >= 15 is 0 Å². The molecule has 4 aromatic rings. The molecule has 32 heavy (non-hydrogen) atoms. The van der Waals surface area contributed by atoms with E-state index < -0.39 is 6.04 Å². The number of para-hydroxylation sites is 1. The van der Waals surface area contributed by atoms with Gasteiger partial charge in [0.25, 0.3) is 0 Å². The normalized spacial score (nSPS) is 16.9. The minimum Gasteiger partial charge on any atom is -0.384 e. The number of piperazine rings is 1. The smallest absolute Gasteiger partial charge is 0.244 e. The molecular weight excluding hydrogens is 408 g/mol. The van der Waals surface area contributed by atoms with Crippen molar-refractivity contribution in [1.82, 2.24) is 35.1 Å². The molecule has 1 aromatic carbocycles. The number of carbonyl (C=O) groups excluding carboxylic acids is 2. The summed E-state index contributed by atoms with van der Waals surface area (Å²) in [5.74, 6) is 0.143. The van der Waals surface area contributed by atoms with Gasteiger partial charge < -0.3 is 11.1 Å². The lowest BCUT2D eigenvalue weighted by Crippen LogP contribution is -2.56. The van der Waals surface area contributed by atoms with Crippen molar-refractivity contribution in [2.24, 2.45) is 0 Å². The molecule has 0 bridgehead atoms. The molecule has 1 fully saturated rings. The lowest BCUT2D eigenvalue weighted by molar-refractivity contribution is -0.127. The number of benzene rings is 1. The number of nitrogens with one attached hydrogen (secondary N) is 2. The Morgan fingerprint density at radius 3 is 3.03 bits per heavy atom. The number of amides is 2. The predicted molar refractivity (Wildman–Crippen MR) is 119 cm³/mol. The predicted octanol–water partition coefficient (Wildman–Crippen LogP) is 0.573. The van der Waals surface area contributed by atoms with Crippen LogP contribution in [0.4, 0.5) is 5.82 Å². The van der Waals surface area contributed by atoms with Gasteiger partial charge in [-0.15, -0.1) is 0 Å². The van der Waals surface area contributed by atoms with E-state index in [2.05, 4.69) is 31.7 Å². The number of rotatable bonds is 5. The number of aromatic nitrogens is 4. The Hall–Kier alpha value is -3.89. The van der Waals surface area contributed by atoms with Crippen molar-refractivity contribution < 1.29 is 9.59 Å². The number of hydrogen-bond acceptors (Lipinski definition) is 8. The van der Waals surface area contributed by atoms with E-state index in [9.17, 15) is 9.59 Å². The van der Waals surface area contributed by atoms with Crippen LogP contribution in [0.2, 0.25) is 0 Å². The largest absolute Gasteiger partial charge is 0.384 e. The van der Waals surface area contributed by atoms with Gasteiger partial charge in [-0.1, -0.05) is 18.2 Å². The van der Waals surface area contributed by atoms with Gasteiger partial charge in [0.15, 0.2) is 5.65 Å². The van der Waals surface area contributed by atoms with Crippen LogP contribution in [0.1, 0.15) is 5.69 Å². The minimum atomic E-state index is -0.454. The van der Waals surface area contributed by atoms with E-state index in [1.807, 2.05) is 30.5 Å². The number of nitrogens with zero attached hydrogens (tertiary/aromatic N) is 5. The Bertz CT molecular complexity index is 1320. The molecule has 1 atom stereocenters. The van der Waals surface area contributed by atoms with Crippen molar-refractivity contribution in [2.75, 3.05) is 25.4 Å². The maximum Gasteiger partial charge on any atom is 0.244 e. The summed E-state index contributed by atoms with van der Waals surface area (Å²) < 4.78 is 1.62. The third-order valence-corrected chi connectivity index (χ3v) is 5.62. The summed E-state index contributed by atoms with van der Waals surface area (Å²) in [6, 6.07) is 11.3. The first-order valence-corrected chi connectivity index (χ1v) is 10.3. The van der Waals surface area contributed by atoms with Gasteiger partial charge in [-0.25, -0.2) is 4.98 Å². The van der Waals surface area contributed by atoms with Crippen molar-refractivity contribution in [3.63, 3.8) is 0 Å². The standard InChI is InChI=1S/C22H22N8O2/c23-20-8-16(11-29-6-5-24-19(12-29)22(32)26-13-31)28-21-17(10-27-30(20)21)15-7-14-3-1-2-4-18(14)25-9-15/h1-4,7-10,13,19,24H,5-6,11-12,23H2,(H,26,31,32). The molecule has 10 heteroatoms. The molecule has 1 aliphatic rings. The number of carbonyl (C=O) groups is 2. The molecule has 1 unspecified atom stereocenters. The zero-order chi connectivity index (χ0) is 22.1. The second-order valence-corrected chi connectivity index (χ2v) is 7.75. The van der Waals surface area contributed by atoms with Gasteiger partial charge in [-0.05, 0) is 12.1 Å². The molecule has 4 N–H and O–H groups in total. The minimum absolute atomic E-state index is 0.338. The first kappa shape index (κ1) is 20.0. The van der Waals surface area contributed by atoms with Gasteiger partial charge in [0, 0.05) is 55.0 Å². The first-order valence-electron chi connectivity index (χ1n) is 10.3. The molecule has 0 aliphatic carbocycles. The lowest BCUT2D eigenvalue weighted by Gasteiger charge is -2.32. The van der Waals surface area contributed by atoms with Crippen molar-refractivity contribution in [1.29, 1.82) is 0 Å². The number of nitrogens with two attached hydrogens (primary N) is 1. The summed E-state index contributed by atoms with van der Waals surface area (Å²) in [6.07, 6.45) is 3.97. The summed E-state index contributed by atoms with van der Waals surface area (Å²) in [6.45, 7) is 2.37.